The lowest BCUT2D eigenvalue weighted by atomic mass is 9.80. The van der Waals surface area contributed by atoms with Crippen molar-refractivity contribution in [1.29, 1.82) is 0 Å². The average molecular weight is 443 g/mol. The predicted molar refractivity (Wildman–Crippen MR) is 108 cm³/mol. The van der Waals surface area contributed by atoms with E-state index in [-0.39, 0.29) is 43.7 Å². The number of hydrogen-bond donors (Lipinski definition) is 2. The first-order chi connectivity index (χ1) is 14.4. The molecule has 0 spiro atoms. The SMILES string of the molecule is CC(=O)OC[C@]1(O)[C@H]2[C@H](OC(=O)CC(C)C)OC=C(COC(=O)CC(C)C)[C@H]2C[C@@H]1O. The van der Waals surface area contributed by atoms with E-state index in [1.807, 2.05) is 27.7 Å². The smallest absolute Gasteiger partial charge is 0.309 e. The van der Waals surface area contributed by atoms with E-state index in [2.05, 4.69) is 0 Å². The summed E-state index contributed by atoms with van der Waals surface area (Å²) in [6.45, 7) is 8.18. The van der Waals surface area contributed by atoms with Gasteiger partial charge in [-0.25, -0.2) is 0 Å². The Kier molecular flexibility index (Phi) is 8.48. The van der Waals surface area contributed by atoms with Crippen LogP contribution in [0.15, 0.2) is 11.8 Å². The van der Waals surface area contributed by atoms with Gasteiger partial charge in [-0.05, 0) is 18.3 Å². The molecule has 2 aliphatic rings. The summed E-state index contributed by atoms with van der Waals surface area (Å²) in [6.07, 6.45) is -0.546. The molecule has 1 saturated carbocycles. The first kappa shape index (κ1) is 25.1. The van der Waals surface area contributed by atoms with Crippen LogP contribution in [0.4, 0.5) is 0 Å². The first-order valence-electron chi connectivity index (χ1n) is 10.7. The van der Waals surface area contributed by atoms with Gasteiger partial charge in [0.25, 0.3) is 0 Å². The van der Waals surface area contributed by atoms with Gasteiger partial charge in [0.15, 0.2) is 0 Å². The number of rotatable bonds is 9. The molecular weight excluding hydrogens is 408 g/mol. The van der Waals surface area contributed by atoms with Crippen molar-refractivity contribution < 1.29 is 43.5 Å². The molecule has 2 rings (SSSR count). The van der Waals surface area contributed by atoms with Crippen LogP contribution in [0.2, 0.25) is 0 Å². The van der Waals surface area contributed by atoms with Gasteiger partial charge in [-0.2, -0.15) is 0 Å². The topological polar surface area (TPSA) is 129 Å². The Morgan fingerprint density at radius 2 is 1.74 bits per heavy atom. The largest absolute Gasteiger partial charge is 0.463 e. The van der Waals surface area contributed by atoms with Crippen LogP contribution in [0.1, 0.15) is 53.9 Å². The summed E-state index contributed by atoms with van der Waals surface area (Å²) < 4.78 is 21.4. The first-order valence-corrected chi connectivity index (χ1v) is 10.7. The number of carbonyl (C=O) groups excluding carboxylic acids is 3. The fraction of sp³-hybridized carbons (Fsp3) is 0.773. The number of esters is 3. The standard InChI is InChI=1S/C22H34O9/c1-12(2)6-18(25)28-9-15-10-29-21(31-19(26)7-13(3)4)20-16(15)8-17(24)22(20,27)11-30-14(5)23/h10,12-13,16-17,20-21,24,27H,6-9,11H2,1-5H3/t16-,17+,20-,21+,22-/m1/s1. The second-order valence-corrected chi connectivity index (χ2v) is 9.20. The second-order valence-electron chi connectivity index (χ2n) is 9.20. The van der Waals surface area contributed by atoms with Crippen molar-refractivity contribution >= 4 is 17.9 Å². The Labute approximate surface area is 182 Å². The number of aliphatic hydroxyl groups is 2. The summed E-state index contributed by atoms with van der Waals surface area (Å²) in [5, 5.41) is 21.9. The Morgan fingerprint density at radius 1 is 1.13 bits per heavy atom. The summed E-state index contributed by atoms with van der Waals surface area (Å²) in [5.74, 6) is -2.68. The summed E-state index contributed by atoms with van der Waals surface area (Å²) in [4.78, 5) is 35.5. The lowest BCUT2D eigenvalue weighted by Gasteiger charge is -2.40. The molecule has 0 aromatic carbocycles. The molecule has 0 aromatic rings. The monoisotopic (exact) mass is 442 g/mol. The normalized spacial score (nSPS) is 29.8. The van der Waals surface area contributed by atoms with Crippen molar-refractivity contribution in [1.82, 2.24) is 0 Å². The highest BCUT2D eigenvalue weighted by Crippen LogP contribution is 2.49. The molecule has 31 heavy (non-hydrogen) atoms. The number of hydrogen-bond acceptors (Lipinski definition) is 9. The lowest BCUT2D eigenvalue weighted by molar-refractivity contribution is -0.221. The van der Waals surface area contributed by atoms with Crippen molar-refractivity contribution in [2.75, 3.05) is 13.2 Å². The lowest BCUT2D eigenvalue weighted by Crippen LogP contribution is -2.54. The summed E-state index contributed by atoms with van der Waals surface area (Å²) in [5.41, 5.74) is -1.34. The van der Waals surface area contributed by atoms with Crippen LogP contribution >= 0.6 is 0 Å². The number of ether oxygens (including phenoxy) is 4. The van der Waals surface area contributed by atoms with Crippen LogP contribution in [0.25, 0.3) is 0 Å². The third-order valence-corrected chi connectivity index (χ3v) is 5.49. The molecule has 9 heteroatoms. The highest BCUT2D eigenvalue weighted by molar-refractivity contribution is 5.70. The van der Waals surface area contributed by atoms with E-state index in [1.165, 1.54) is 13.2 Å². The quantitative estimate of drug-likeness (QED) is 0.405. The van der Waals surface area contributed by atoms with E-state index in [4.69, 9.17) is 18.9 Å². The molecule has 1 aliphatic carbocycles. The third kappa shape index (κ3) is 6.43. The third-order valence-electron chi connectivity index (χ3n) is 5.49. The van der Waals surface area contributed by atoms with Crippen LogP contribution in [-0.4, -0.2) is 59.3 Å². The Bertz CT molecular complexity index is 699. The van der Waals surface area contributed by atoms with Gasteiger partial charge in [0.05, 0.1) is 18.3 Å². The average Bonchev–Trinajstić information content (AvgIpc) is 2.90. The van der Waals surface area contributed by atoms with Gasteiger partial charge < -0.3 is 29.2 Å². The zero-order chi connectivity index (χ0) is 23.3. The molecule has 9 nitrogen and oxygen atoms in total. The fourth-order valence-electron chi connectivity index (χ4n) is 4.01. The highest BCUT2D eigenvalue weighted by atomic mass is 16.7. The summed E-state index contributed by atoms with van der Waals surface area (Å²) >= 11 is 0. The molecule has 0 aromatic heterocycles. The van der Waals surface area contributed by atoms with Gasteiger partial charge in [-0.15, -0.1) is 0 Å². The van der Waals surface area contributed by atoms with E-state index in [9.17, 15) is 24.6 Å². The highest BCUT2D eigenvalue weighted by Gasteiger charge is 2.61. The molecule has 2 N–H and O–H groups in total. The molecule has 5 atom stereocenters. The van der Waals surface area contributed by atoms with E-state index >= 15 is 0 Å². The minimum atomic E-state index is -1.89. The van der Waals surface area contributed by atoms with Crippen LogP contribution < -0.4 is 0 Å². The molecule has 0 amide bonds. The minimum absolute atomic E-state index is 0.0625. The van der Waals surface area contributed by atoms with E-state index in [0.717, 1.165) is 0 Å². The van der Waals surface area contributed by atoms with Crippen LogP contribution in [-0.2, 0) is 33.3 Å². The maximum Gasteiger partial charge on any atom is 0.309 e. The van der Waals surface area contributed by atoms with E-state index in [1.54, 1.807) is 0 Å². The fourth-order valence-corrected chi connectivity index (χ4v) is 4.01. The van der Waals surface area contributed by atoms with Crippen LogP contribution in [0.5, 0.6) is 0 Å². The van der Waals surface area contributed by atoms with Crippen molar-refractivity contribution in [3.05, 3.63) is 11.8 Å². The van der Waals surface area contributed by atoms with E-state index in [0.29, 0.717) is 5.57 Å². The van der Waals surface area contributed by atoms with Crippen LogP contribution in [0, 0.1) is 23.7 Å². The van der Waals surface area contributed by atoms with Gasteiger partial charge in [0, 0.05) is 31.3 Å². The second kappa shape index (κ2) is 10.5. The molecule has 1 heterocycles. The van der Waals surface area contributed by atoms with Gasteiger partial charge in [0.1, 0.15) is 18.8 Å². The minimum Gasteiger partial charge on any atom is -0.463 e. The van der Waals surface area contributed by atoms with Crippen molar-refractivity contribution in [3.63, 3.8) is 0 Å². The van der Waals surface area contributed by atoms with Crippen LogP contribution in [0.3, 0.4) is 0 Å². The van der Waals surface area contributed by atoms with Gasteiger partial charge in [-0.1, -0.05) is 27.7 Å². The number of aliphatic hydroxyl groups excluding tert-OH is 1. The summed E-state index contributed by atoms with van der Waals surface area (Å²) in [6, 6.07) is 0. The maximum absolute atomic E-state index is 12.2. The van der Waals surface area contributed by atoms with Gasteiger partial charge >= 0.3 is 17.9 Å². The molecule has 0 unspecified atom stereocenters. The summed E-state index contributed by atoms with van der Waals surface area (Å²) in [7, 11) is 0. The van der Waals surface area contributed by atoms with Crippen molar-refractivity contribution in [2.45, 2.75) is 71.9 Å². The van der Waals surface area contributed by atoms with Gasteiger partial charge in [0.2, 0.25) is 6.29 Å². The van der Waals surface area contributed by atoms with Gasteiger partial charge in [-0.3, -0.25) is 14.4 Å². The molecule has 0 bridgehead atoms. The number of carbonyl (C=O) groups is 3. The predicted octanol–water partition coefficient (Wildman–Crippen LogP) is 1.70. The zero-order valence-corrected chi connectivity index (χ0v) is 18.8. The molecule has 0 saturated heterocycles. The zero-order valence-electron chi connectivity index (χ0n) is 18.8. The Hall–Kier alpha value is -2.13. The number of fused-ring (bicyclic) bond motifs is 1. The molecule has 1 fully saturated rings. The maximum atomic E-state index is 12.2. The van der Waals surface area contributed by atoms with E-state index < -0.39 is 48.4 Å². The van der Waals surface area contributed by atoms with Crippen molar-refractivity contribution in [3.8, 4) is 0 Å². The van der Waals surface area contributed by atoms with Crippen molar-refractivity contribution in [2.24, 2.45) is 23.7 Å². The molecule has 1 aliphatic heterocycles. The molecular formula is C22H34O9. The Balaban J connectivity index is 2.24. The Morgan fingerprint density at radius 3 is 2.32 bits per heavy atom. The molecule has 0 radical (unpaired) electrons. The molecule has 176 valence electrons.